The summed E-state index contributed by atoms with van der Waals surface area (Å²) in [6, 6.07) is 0. The third kappa shape index (κ3) is 11.2. The maximum absolute atomic E-state index is 11.2. The number of carbonyl (C=O) groups is 2. The van der Waals surface area contributed by atoms with Crippen molar-refractivity contribution in [3.63, 3.8) is 0 Å². The zero-order valence-electron chi connectivity index (χ0n) is 16.7. The number of carbonyl (C=O) groups excluding carboxylic acids is 2. The second-order valence-electron chi connectivity index (χ2n) is 7.54. The summed E-state index contributed by atoms with van der Waals surface area (Å²) >= 11 is 0. The van der Waals surface area contributed by atoms with E-state index in [1.54, 1.807) is 22.0 Å². The maximum Gasteiger partial charge on any atom is 0.319 e. The molecule has 0 rings (SSSR count). The predicted molar refractivity (Wildman–Crippen MR) is 108 cm³/mol. The highest BCUT2D eigenvalue weighted by Crippen LogP contribution is 2.38. The zero-order chi connectivity index (χ0) is 20.4. The Morgan fingerprint density at radius 3 is 1.31 bits per heavy atom. The van der Waals surface area contributed by atoms with Crippen LogP contribution in [-0.4, -0.2) is 71.0 Å². The third-order valence-corrected chi connectivity index (χ3v) is 6.32. The minimum Gasteiger partial charge on any atom is -0.463 e. The van der Waals surface area contributed by atoms with Crippen LogP contribution in [-0.2, 0) is 19.1 Å². The molecule has 0 aliphatic carbocycles. The smallest absolute Gasteiger partial charge is 0.319 e. The molecule has 0 aromatic heterocycles. The van der Waals surface area contributed by atoms with E-state index in [2.05, 4.69) is 50.2 Å². The summed E-state index contributed by atoms with van der Waals surface area (Å²) in [7, 11) is 3.15. The molecule has 0 aliphatic heterocycles. The lowest BCUT2D eigenvalue weighted by Crippen LogP contribution is -2.41. The van der Waals surface area contributed by atoms with Crippen molar-refractivity contribution in [2.75, 3.05) is 39.4 Å². The summed E-state index contributed by atoms with van der Waals surface area (Å²) < 4.78 is 14.5. The van der Waals surface area contributed by atoms with Gasteiger partial charge in [-0.2, -0.15) is 0 Å². The molecule has 0 heterocycles. The molecule has 0 fully saturated rings. The van der Waals surface area contributed by atoms with Crippen molar-refractivity contribution in [2.24, 2.45) is 11.5 Å². The SMILES string of the molecule is CC(C)(C)N(CCOC(=O)CN)SSN(CCOC(=O)CN)C(C)(C)C. The predicted octanol–water partition coefficient (Wildman–Crippen LogP) is 1.40. The number of rotatable bonds is 11. The van der Waals surface area contributed by atoms with Crippen LogP contribution < -0.4 is 11.5 Å². The fraction of sp³-hybridized carbons (Fsp3) is 0.875. The van der Waals surface area contributed by atoms with E-state index in [1.165, 1.54) is 0 Å². The summed E-state index contributed by atoms with van der Waals surface area (Å²) in [6.07, 6.45) is 0. The molecule has 0 spiro atoms. The molecule has 0 aliphatic rings. The van der Waals surface area contributed by atoms with Gasteiger partial charge in [0, 0.05) is 46.1 Å². The fourth-order valence-corrected chi connectivity index (χ4v) is 4.83. The van der Waals surface area contributed by atoms with E-state index in [0.29, 0.717) is 13.1 Å². The minimum atomic E-state index is -0.408. The highest BCUT2D eigenvalue weighted by Gasteiger charge is 2.27. The van der Waals surface area contributed by atoms with Gasteiger partial charge in [0.25, 0.3) is 0 Å². The van der Waals surface area contributed by atoms with Crippen LogP contribution >= 0.6 is 22.0 Å². The van der Waals surface area contributed by atoms with Crippen LogP contribution in [0.2, 0.25) is 0 Å². The van der Waals surface area contributed by atoms with Crippen LogP contribution in [0.25, 0.3) is 0 Å². The Balaban J connectivity index is 4.68. The van der Waals surface area contributed by atoms with Crippen molar-refractivity contribution in [2.45, 2.75) is 52.6 Å². The molecule has 4 N–H and O–H groups in total. The quantitative estimate of drug-likeness (QED) is 0.294. The van der Waals surface area contributed by atoms with Gasteiger partial charge >= 0.3 is 11.9 Å². The molecule has 0 amide bonds. The van der Waals surface area contributed by atoms with Crippen molar-refractivity contribution in [3.8, 4) is 0 Å². The van der Waals surface area contributed by atoms with Crippen molar-refractivity contribution in [1.29, 1.82) is 0 Å². The van der Waals surface area contributed by atoms with E-state index in [9.17, 15) is 9.59 Å². The number of hydrogen-bond donors (Lipinski definition) is 2. The number of esters is 2. The molecule has 0 saturated heterocycles. The average molecular weight is 411 g/mol. The molecule has 10 heteroatoms. The lowest BCUT2D eigenvalue weighted by molar-refractivity contribution is -0.143. The first-order chi connectivity index (χ1) is 11.9. The Morgan fingerprint density at radius 2 is 1.08 bits per heavy atom. The lowest BCUT2D eigenvalue weighted by Gasteiger charge is -2.38. The van der Waals surface area contributed by atoms with Gasteiger partial charge < -0.3 is 20.9 Å². The number of hydrogen-bond acceptors (Lipinski definition) is 10. The van der Waals surface area contributed by atoms with E-state index >= 15 is 0 Å². The molecule has 26 heavy (non-hydrogen) atoms. The van der Waals surface area contributed by atoms with Gasteiger partial charge in [0.2, 0.25) is 0 Å². The number of ether oxygens (including phenoxy) is 2. The Labute approximate surface area is 165 Å². The van der Waals surface area contributed by atoms with Crippen LogP contribution in [0.1, 0.15) is 41.5 Å². The molecular formula is C16H34N4O4S2. The Hall–Kier alpha value is -0.520. The zero-order valence-corrected chi connectivity index (χ0v) is 18.4. The van der Waals surface area contributed by atoms with Gasteiger partial charge in [-0.25, -0.2) is 8.61 Å². The van der Waals surface area contributed by atoms with E-state index < -0.39 is 11.9 Å². The Kier molecular flexibility index (Phi) is 11.8. The van der Waals surface area contributed by atoms with Crippen LogP contribution in [0.15, 0.2) is 0 Å². The van der Waals surface area contributed by atoms with Gasteiger partial charge in [-0.1, -0.05) is 0 Å². The van der Waals surface area contributed by atoms with Crippen molar-refractivity contribution >= 4 is 33.9 Å². The molecule has 0 radical (unpaired) electrons. The van der Waals surface area contributed by atoms with Crippen LogP contribution in [0.5, 0.6) is 0 Å². The first-order valence-corrected chi connectivity index (χ1v) is 10.6. The normalized spacial score (nSPS) is 12.5. The van der Waals surface area contributed by atoms with Crippen LogP contribution in [0, 0.1) is 0 Å². The fourth-order valence-electron chi connectivity index (χ4n) is 1.65. The van der Waals surface area contributed by atoms with Gasteiger partial charge in [-0.3, -0.25) is 9.59 Å². The summed E-state index contributed by atoms with van der Waals surface area (Å²) in [5, 5.41) is 0. The molecular weight excluding hydrogens is 376 g/mol. The number of nitrogens with two attached hydrogens (primary N) is 2. The standard InChI is InChI=1S/C16H34N4O4S2/c1-15(2,3)19(7-9-23-13(21)11-17)25-26-20(16(4,5)6)8-10-24-14(22)12-18/h7-12,17-18H2,1-6H3. The molecule has 0 saturated carbocycles. The Bertz CT molecular complexity index is 399. The number of nitrogens with zero attached hydrogens (tertiary/aromatic N) is 2. The van der Waals surface area contributed by atoms with Gasteiger partial charge in [0.05, 0.1) is 13.1 Å². The lowest BCUT2D eigenvalue weighted by atomic mass is 10.1. The molecule has 0 aromatic carbocycles. The van der Waals surface area contributed by atoms with Gasteiger partial charge in [0.15, 0.2) is 0 Å². The van der Waals surface area contributed by atoms with Crippen molar-refractivity contribution in [3.05, 3.63) is 0 Å². The second-order valence-corrected chi connectivity index (χ2v) is 9.62. The van der Waals surface area contributed by atoms with Gasteiger partial charge in [-0.05, 0) is 41.5 Å². The first kappa shape index (κ1) is 25.5. The molecule has 8 nitrogen and oxygen atoms in total. The third-order valence-electron chi connectivity index (χ3n) is 3.16. The van der Waals surface area contributed by atoms with Crippen molar-refractivity contribution < 1.29 is 19.1 Å². The second kappa shape index (κ2) is 12.0. The maximum atomic E-state index is 11.2. The summed E-state index contributed by atoms with van der Waals surface area (Å²) in [4.78, 5) is 22.4. The van der Waals surface area contributed by atoms with E-state index in [1.807, 2.05) is 0 Å². The van der Waals surface area contributed by atoms with E-state index in [0.717, 1.165) is 0 Å². The van der Waals surface area contributed by atoms with Crippen LogP contribution in [0.4, 0.5) is 0 Å². The summed E-state index contributed by atoms with van der Waals surface area (Å²) in [6.45, 7) is 14.0. The largest absolute Gasteiger partial charge is 0.463 e. The summed E-state index contributed by atoms with van der Waals surface area (Å²) in [5.74, 6) is -0.816. The minimum absolute atomic E-state index is 0.114. The van der Waals surface area contributed by atoms with Gasteiger partial charge in [0.1, 0.15) is 13.2 Å². The topological polar surface area (TPSA) is 111 Å². The molecule has 154 valence electrons. The van der Waals surface area contributed by atoms with E-state index in [-0.39, 0.29) is 37.4 Å². The monoisotopic (exact) mass is 410 g/mol. The van der Waals surface area contributed by atoms with Crippen LogP contribution in [0.3, 0.4) is 0 Å². The molecule has 0 atom stereocenters. The molecule has 0 unspecified atom stereocenters. The molecule has 0 bridgehead atoms. The van der Waals surface area contributed by atoms with Crippen molar-refractivity contribution in [1.82, 2.24) is 8.61 Å². The molecule has 0 aromatic rings. The Morgan fingerprint density at radius 1 is 0.769 bits per heavy atom. The van der Waals surface area contributed by atoms with Gasteiger partial charge in [-0.15, -0.1) is 0 Å². The highest BCUT2D eigenvalue weighted by atomic mass is 33.1. The average Bonchev–Trinajstić information content (AvgIpc) is 2.53. The van der Waals surface area contributed by atoms with E-state index in [4.69, 9.17) is 20.9 Å². The highest BCUT2D eigenvalue weighted by molar-refractivity contribution is 8.74. The summed E-state index contributed by atoms with van der Waals surface area (Å²) in [5.41, 5.74) is 10.3. The first-order valence-electron chi connectivity index (χ1n) is 8.53.